The van der Waals surface area contributed by atoms with E-state index in [0.717, 1.165) is 25.7 Å². The molecule has 0 aromatic rings. The molecule has 1 saturated heterocycles. The molecule has 1 aliphatic carbocycles. The van der Waals surface area contributed by atoms with Crippen LogP contribution in [0.1, 0.15) is 25.7 Å². The summed E-state index contributed by atoms with van der Waals surface area (Å²) >= 11 is 5.78. The van der Waals surface area contributed by atoms with Crippen LogP contribution in [-0.2, 0) is 10.2 Å². The molecule has 1 aliphatic heterocycles. The molecule has 0 radical (unpaired) electrons. The quantitative estimate of drug-likeness (QED) is 0.736. The normalized spacial score (nSPS) is 34.4. The summed E-state index contributed by atoms with van der Waals surface area (Å²) in [7, 11) is -3.22. The molecule has 2 fully saturated rings. The van der Waals surface area contributed by atoms with Crippen molar-refractivity contribution in [3.8, 4) is 0 Å². The Morgan fingerprint density at radius 2 is 1.79 bits per heavy atom. The van der Waals surface area contributed by atoms with Crippen LogP contribution in [0, 0.1) is 0 Å². The van der Waals surface area contributed by atoms with Gasteiger partial charge in [0.2, 0.25) is 0 Å². The second-order valence-corrected chi connectivity index (χ2v) is 6.31. The summed E-state index contributed by atoms with van der Waals surface area (Å²) in [6, 6.07) is 0.0584. The molecule has 0 aromatic heterocycles. The lowest BCUT2D eigenvalue weighted by Crippen LogP contribution is -2.49. The molecule has 0 aromatic carbocycles. The van der Waals surface area contributed by atoms with Crippen molar-refractivity contribution in [2.45, 2.75) is 37.1 Å². The van der Waals surface area contributed by atoms with Crippen LogP contribution < -0.4 is 4.72 Å². The van der Waals surface area contributed by atoms with Gasteiger partial charge >= 0.3 is 0 Å². The number of nitrogens with one attached hydrogen (secondary N) is 1. The largest absolute Gasteiger partial charge is 0.279 e. The zero-order valence-corrected chi connectivity index (χ0v) is 9.52. The van der Waals surface area contributed by atoms with Crippen molar-refractivity contribution in [2.75, 3.05) is 13.1 Å². The first-order valence-corrected chi connectivity index (χ1v) is 6.87. The van der Waals surface area contributed by atoms with Gasteiger partial charge in [0.05, 0.1) is 0 Å². The molecule has 0 spiro atoms. The summed E-state index contributed by atoms with van der Waals surface area (Å²) in [6.07, 6.45) is 3.47. The zero-order valence-electron chi connectivity index (χ0n) is 7.95. The van der Waals surface area contributed by atoms with E-state index in [1.54, 1.807) is 0 Å². The van der Waals surface area contributed by atoms with Crippen LogP contribution >= 0.6 is 11.6 Å². The number of alkyl halides is 1. The van der Waals surface area contributed by atoms with E-state index in [9.17, 15) is 8.42 Å². The van der Waals surface area contributed by atoms with Crippen molar-refractivity contribution in [1.29, 1.82) is 0 Å². The Morgan fingerprint density at radius 3 is 2.29 bits per heavy atom. The third kappa shape index (κ3) is 2.21. The molecule has 1 saturated carbocycles. The number of rotatable bonds is 3. The van der Waals surface area contributed by atoms with Crippen LogP contribution in [0.25, 0.3) is 0 Å². The van der Waals surface area contributed by atoms with Gasteiger partial charge in [0, 0.05) is 24.5 Å². The predicted octanol–water partition coefficient (Wildman–Crippen LogP) is 0.686. The minimum Gasteiger partial charge on any atom is -0.199 e. The van der Waals surface area contributed by atoms with Gasteiger partial charge in [-0.3, -0.25) is 0 Å². The standard InChI is InChI=1S/C8H15ClN2O2S/c9-7-5-8(6-7)10-14(12,13)11-3-1-2-4-11/h7-8,10H,1-6H2. The number of hydrogen-bond donors (Lipinski definition) is 1. The minimum atomic E-state index is -3.22. The summed E-state index contributed by atoms with van der Waals surface area (Å²) in [4.78, 5) is 0. The lowest BCUT2D eigenvalue weighted by Gasteiger charge is -2.32. The van der Waals surface area contributed by atoms with E-state index in [4.69, 9.17) is 11.6 Å². The van der Waals surface area contributed by atoms with Crippen molar-refractivity contribution in [3.63, 3.8) is 0 Å². The molecule has 4 nitrogen and oxygen atoms in total. The third-order valence-electron chi connectivity index (χ3n) is 2.80. The van der Waals surface area contributed by atoms with E-state index in [1.165, 1.54) is 4.31 Å². The SMILES string of the molecule is O=S(=O)(NC1CC(Cl)C1)N1CCCC1. The second-order valence-electron chi connectivity index (χ2n) is 3.99. The maximum Gasteiger partial charge on any atom is 0.279 e. The van der Waals surface area contributed by atoms with Gasteiger partial charge in [-0.2, -0.15) is 17.4 Å². The molecule has 1 heterocycles. The first-order chi connectivity index (χ1) is 6.58. The van der Waals surface area contributed by atoms with Gasteiger partial charge < -0.3 is 0 Å². The number of hydrogen-bond acceptors (Lipinski definition) is 2. The molecule has 0 amide bonds. The molecular weight excluding hydrogens is 224 g/mol. The van der Waals surface area contributed by atoms with E-state index in [2.05, 4.69) is 4.72 Å². The Hall–Kier alpha value is 0.160. The molecule has 14 heavy (non-hydrogen) atoms. The van der Waals surface area contributed by atoms with Crippen LogP contribution in [0.2, 0.25) is 0 Å². The zero-order chi connectivity index (χ0) is 10.2. The molecule has 0 bridgehead atoms. The monoisotopic (exact) mass is 238 g/mol. The van der Waals surface area contributed by atoms with Gasteiger partial charge in [0.15, 0.2) is 0 Å². The Kier molecular flexibility index (Phi) is 3.02. The Balaban J connectivity index is 1.89. The first-order valence-electron chi connectivity index (χ1n) is 4.99. The van der Waals surface area contributed by atoms with E-state index < -0.39 is 10.2 Å². The molecule has 2 aliphatic rings. The van der Waals surface area contributed by atoms with E-state index in [0.29, 0.717) is 13.1 Å². The molecule has 6 heteroatoms. The van der Waals surface area contributed by atoms with E-state index in [1.807, 2.05) is 0 Å². The van der Waals surface area contributed by atoms with Crippen LogP contribution in [0.15, 0.2) is 0 Å². The highest BCUT2D eigenvalue weighted by atomic mass is 35.5. The summed E-state index contributed by atoms with van der Waals surface area (Å²) in [5, 5.41) is 0.154. The van der Waals surface area contributed by atoms with Gasteiger partial charge in [-0.25, -0.2) is 0 Å². The highest BCUT2D eigenvalue weighted by Crippen LogP contribution is 2.26. The Morgan fingerprint density at radius 1 is 1.21 bits per heavy atom. The van der Waals surface area contributed by atoms with Crippen LogP contribution in [0.3, 0.4) is 0 Å². The molecule has 0 atom stereocenters. The molecule has 0 unspecified atom stereocenters. The predicted molar refractivity (Wildman–Crippen MR) is 55.5 cm³/mol. The Labute approximate surface area is 89.8 Å². The fourth-order valence-corrected chi connectivity index (χ4v) is 3.79. The summed E-state index contributed by atoms with van der Waals surface area (Å²) in [6.45, 7) is 1.32. The molecule has 1 N–H and O–H groups in total. The highest BCUT2D eigenvalue weighted by Gasteiger charge is 2.33. The van der Waals surface area contributed by atoms with Gasteiger partial charge in [0.25, 0.3) is 10.2 Å². The van der Waals surface area contributed by atoms with Gasteiger partial charge in [-0.15, -0.1) is 11.6 Å². The summed E-state index contributed by atoms with van der Waals surface area (Å²) in [5.74, 6) is 0. The summed E-state index contributed by atoms with van der Waals surface area (Å²) in [5.41, 5.74) is 0. The van der Waals surface area contributed by atoms with E-state index in [-0.39, 0.29) is 11.4 Å². The average Bonchev–Trinajstić information content (AvgIpc) is 2.52. The third-order valence-corrected chi connectivity index (χ3v) is 4.83. The lowest BCUT2D eigenvalue weighted by atomic mass is 9.94. The van der Waals surface area contributed by atoms with Crippen molar-refractivity contribution in [2.24, 2.45) is 0 Å². The van der Waals surface area contributed by atoms with Crippen LogP contribution in [0.4, 0.5) is 0 Å². The van der Waals surface area contributed by atoms with Crippen molar-refractivity contribution in [1.82, 2.24) is 9.03 Å². The smallest absolute Gasteiger partial charge is 0.199 e. The number of halogens is 1. The van der Waals surface area contributed by atoms with Gasteiger partial charge in [-0.1, -0.05) is 0 Å². The topological polar surface area (TPSA) is 49.4 Å². The molecule has 2 rings (SSSR count). The average molecular weight is 239 g/mol. The Bertz CT molecular complexity index is 294. The summed E-state index contributed by atoms with van der Waals surface area (Å²) < 4.78 is 27.6. The van der Waals surface area contributed by atoms with Gasteiger partial charge in [-0.05, 0) is 25.7 Å². The fourth-order valence-electron chi connectivity index (χ4n) is 1.86. The molecular formula is C8H15ClN2O2S. The van der Waals surface area contributed by atoms with Crippen molar-refractivity contribution >= 4 is 21.8 Å². The molecule has 82 valence electrons. The maximum absolute atomic E-state index is 11.7. The highest BCUT2D eigenvalue weighted by molar-refractivity contribution is 7.87. The van der Waals surface area contributed by atoms with Gasteiger partial charge in [0.1, 0.15) is 0 Å². The minimum absolute atomic E-state index is 0.0584. The van der Waals surface area contributed by atoms with Crippen LogP contribution in [-0.4, -0.2) is 37.2 Å². The fraction of sp³-hybridized carbons (Fsp3) is 1.00. The lowest BCUT2D eigenvalue weighted by molar-refractivity contribution is 0.373. The first kappa shape index (κ1) is 10.7. The van der Waals surface area contributed by atoms with E-state index >= 15 is 0 Å². The van der Waals surface area contributed by atoms with Crippen LogP contribution in [0.5, 0.6) is 0 Å². The van der Waals surface area contributed by atoms with Crippen molar-refractivity contribution < 1.29 is 8.42 Å². The maximum atomic E-state index is 11.7. The number of nitrogens with zero attached hydrogens (tertiary/aromatic N) is 1. The second kappa shape index (κ2) is 3.96. The van der Waals surface area contributed by atoms with Crippen molar-refractivity contribution in [3.05, 3.63) is 0 Å².